The van der Waals surface area contributed by atoms with Crippen molar-refractivity contribution in [3.63, 3.8) is 0 Å². The third-order valence-electron chi connectivity index (χ3n) is 3.01. The lowest BCUT2D eigenvalue weighted by Gasteiger charge is -2.18. The van der Waals surface area contributed by atoms with Gasteiger partial charge < -0.3 is 10.2 Å². The minimum Gasteiger partial charge on any atom is -0.368 e. The highest BCUT2D eigenvalue weighted by Gasteiger charge is 2.08. The molecule has 0 spiro atoms. The second kappa shape index (κ2) is 6.70. The normalized spacial score (nSPS) is 10.6. The Hall–Kier alpha value is -1.62. The first-order chi connectivity index (χ1) is 9.58. The standard InChI is InChI=1S/C15H22N4S/c1-5-6-16-15-18-17-14(20-15)10-19(4)13-8-11(2)7-12(3)9-13/h7-9H,5-6,10H2,1-4H3,(H,16,18). The number of nitrogens with zero attached hydrogens (tertiary/aromatic N) is 3. The molecule has 5 heteroatoms. The number of hydrogen-bond acceptors (Lipinski definition) is 5. The van der Waals surface area contributed by atoms with Gasteiger partial charge in [0.1, 0.15) is 5.01 Å². The SMILES string of the molecule is CCCNc1nnc(CN(C)c2cc(C)cc(C)c2)s1. The molecule has 0 atom stereocenters. The summed E-state index contributed by atoms with van der Waals surface area (Å²) in [4.78, 5) is 2.21. The van der Waals surface area contributed by atoms with E-state index in [9.17, 15) is 0 Å². The maximum atomic E-state index is 4.24. The summed E-state index contributed by atoms with van der Waals surface area (Å²) in [5.41, 5.74) is 3.80. The zero-order chi connectivity index (χ0) is 14.5. The van der Waals surface area contributed by atoms with E-state index in [1.54, 1.807) is 11.3 Å². The molecule has 1 N–H and O–H groups in total. The Labute approximate surface area is 124 Å². The lowest BCUT2D eigenvalue weighted by atomic mass is 10.1. The van der Waals surface area contributed by atoms with Crippen LogP contribution < -0.4 is 10.2 Å². The molecule has 1 heterocycles. The second-order valence-electron chi connectivity index (χ2n) is 5.13. The molecule has 1 aromatic carbocycles. The number of hydrogen-bond donors (Lipinski definition) is 1. The van der Waals surface area contributed by atoms with Gasteiger partial charge in [-0.2, -0.15) is 0 Å². The van der Waals surface area contributed by atoms with Gasteiger partial charge in [0.25, 0.3) is 0 Å². The number of aryl methyl sites for hydroxylation is 2. The smallest absolute Gasteiger partial charge is 0.205 e. The fraction of sp³-hybridized carbons (Fsp3) is 0.467. The van der Waals surface area contributed by atoms with Crippen molar-refractivity contribution in [3.8, 4) is 0 Å². The lowest BCUT2D eigenvalue weighted by molar-refractivity contribution is 0.877. The quantitative estimate of drug-likeness (QED) is 0.882. The van der Waals surface area contributed by atoms with E-state index < -0.39 is 0 Å². The van der Waals surface area contributed by atoms with Gasteiger partial charge in [0.05, 0.1) is 6.54 Å². The Morgan fingerprint density at radius 1 is 1.15 bits per heavy atom. The molecular formula is C15H22N4S. The summed E-state index contributed by atoms with van der Waals surface area (Å²) in [6, 6.07) is 6.59. The predicted octanol–water partition coefficient (Wildman–Crippen LogP) is 3.61. The summed E-state index contributed by atoms with van der Waals surface area (Å²) in [6.07, 6.45) is 1.09. The van der Waals surface area contributed by atoms with Crippen molar-refractivity contribution < 1.29 is 0 Å². The van der Waals surface area contributed by atoms with Crippen LogP contribution >= 0.6 is 11.3 Å². The Kier molecular flexibility index (Phi) is 4.95. The van der Waals surface area contributed by atoms with Crippen LogP contribution in [0.2, 0.25) is 0 Å². The fourth-order valence-corrected chi connectivity index (χ4v) is 2.90. The molecule has 0 saturated carbocycles. The molecule has 0 saturated heterocycles. The minimum absolute atomic E-state index is 0.786. The maximum absolute atomic E-state index is 4.24. The van der Waals surface area contributed by atoms with Crippen LogP contribution in [-0.2, 0) is 6.54 Å². The van der Waals surface area contributed by atoms with Crippen LogP contribution in [0.25, 0.3) is 0 Å². The third-order valence-corrected chi connectivity index (χ3v) is 3.88. The van der Waals surface area contributed by atoms with Gasteiger partial charge in [0, 0.05) is 19.3 Å². The molecule has 0 radical (unpaired) electrons. The summed E-state index contributed by atoms with van der Waals surface area (Å²) in [5.74, 6) is 0. The zero-order valence-electron chi connectivity index (χ0n) is 12.6. The molecule has 0 bridgehead atoms. The maximum Gasteiger partial charge on any atom is 0.205 e. The first kappa shape index (κ1) is 14.8. The van der Waals surface area contributed by atoms with E-state index in [2.05, 4.69) is 66.4 Å². The minimum atomic E-state index is 0.786. The van der Waals surface area contributed by atoms with E-state index in [1.807, 2.05) is 0 Å². The van der Waals surface area contributed by atoms with Gasteiger partial charge in [-0.05, 0) is 43.5 Å². The summed E-state index contributed by atoms with van der Waals surface area (Å²) in [5, 5.41) is 13.6. The monoisotopic (exact) mass is 290 g/mol. The zero-order valence-corrected chi connectivity index (χ0v) is 13.4. The number of nitrogens with one attached hydrogen (secondary N) is 1. The number of anilines is 2. The Morgan fingerprint density at radius 3 is 2.50 bits per heavy atom. The Bertz CT molecular complexity index is 545. The molecule has 1 aromatic heterocycles. The van der Waals surface area contributed by atoms with Crippen LogP contribution in [0.4, 0.5) is 10.8 Å². The van der Waals surface area contributed by atoms with Crippen molar-refractivity contribution in [2.75, 3.05) is 23.8 Å². The highest BCUT2D eigenvalue weighted by Crippen LogP contribution is 2.22. The van der Waals surface area contributed by atoms with Gasteiger partial charge in [-0.15, -0.1) is 10.2 Å². The number of benzene rings is 1. The van der Waals surface area contributed by atoms with Gasteiger partial charge in [0.15, 0.2) is 0 Å². The number of aromatic nitrogens is 2. The molecule has 2 rings (SSSR count). The summed E-state index contributed by atoms with van der Waals surface area (Å²) < 4.78 is 0. The lowest BCUT2D eigenvalue weighted by Crippen LogP contribution is -2.16. The summed E-state index contributed by atoms with van der Waals surface area (Å²) in [6.45, 7) is 8.13. The van der Waals surface area contributed by atoms with E-state index in [0.717, 1.165) is 29.6 Å². The molecular weight excluding hydrogens is 268 g/mol. The van der Waals surface area contributed by atoms with Crippen molar-refractivity contribution in [2.45, 2.75) is 33.7 Å². The predicted molar refractivity (Wildman–Crippen MR) is 86.7 cm³/mol. The molecule has 0 aliphatic heterocycles. The average molecular weight is 290 g/mol. The van der Waals surface area contributed by atoms with Crippen LogP contribution in [0.3, 0.4) is 0 Å². The van der Waals surface area contributed by atoms with Gasteiger partial charge in [-0.3, -0.25) is 0 Å². The Balaban J connectivity index is 2.03. The van der Waals surface area contributed by atoms with E-state index in [-0.39, 0.29) is 0 Å². The van der Waals surface area contributed by atoms with Crippen molar-refractivity contribution in [2.24, 2.45) is 0 Å². The molecule has 108 valence electrons. The van der Waals surface area contributed by atoms with E-state index in [0.29, 0.717) is 0 Å². The van der Waals surface area contributed by atoms with Gasteiger partial charge in [-0.25, -0.2) is 0 Å². The van der Waals surface area contributed by atoms with Crippen molar-refractivity contribution >= 4 is 22.2 Å². The molecule has 0 fully saturated rings. The van der Waals surface area contributed by atoms with Crippen molar-refractivity contribution in [1.82, 2.24) is 10.2 Å². The first-order valence-corrected chi connectivity index (χ1v) is 7.76. The topological polar surface area (TPSA) is 41.1 Å². The molecule has 4 nitrogen and oxygen atoms in total. The molecule has 2 aromatic rings. The second-order valence-corrected chi connectivity index (χ2v) is 6.19. The summed E-state index contributed by atoms with van der Waals surface area (Å²) >= 11 is 1.63. The van der Waals surface area contributed by atoms with E-state index in [1.165, 1.54) is 16.8 Å². The molecule has 0 amide bonds. The first-order valence-electron chi connectivity index (χ1n) is 6.94. The van der Waals surface area contributed by atoms with E-state index >= 15 is 0 Å². The van der Waals surface area contributed by atoms with Crippen LogP contribution in [0.5, 0.6) is 0 Å². The largest absolute Gasteiger partial charge is 0.368 e. The van der Waals surface area contributed by atoms with Crippen molar-refractivity contribution in [1.29, 1.82) is 0 Å². The fourth-order valence-electron chi connectivity index (χ4n) is 2.09. The highest BCUT2D eigenvalue weighted by molar-refractivity contribution is 7.15. The summed E-state index contributed by atoms with van der Waals surface area (Å²) in [7, 11) is 2.09. The average Bonchev–Trinajstić information content (AvgIpc) is 2.82. The van der Waals surface area contributed by atoms with Crippen molar-refractivity contribution in [3.05, 3.63) is 34.3 Å². The van der Waals surface area contributed by atoms with Crippen LogP contribution in [0, 0.1) is 13.8 Å². The molecule has 20 heavy (non-hydrogen) atoms. The highest BCUT2D eigenvalue weighted by atomic mass is 32.1. The Morgan fingerprint density at radius 2 is 1.85 bits per heavy atom. The van der Waals surface area contributed by atoms with Crippen LogP contribution in [-0.4, -0.2) is 23.8 Å². The van der Waals surface area contributed by atoms with E-state index in [4.69, 9.17) is 0 Å². The number of rotatable bonds is 6. The van der Waals surface area contributed by atoms with Gasteiger partial charge in [-0.1, -0.05) is 24.3 Å². The molecule has 0 unspecified atom stereocenters. The molecule has 0 aliphatic carbocycles. The third kappa shape index (κ3) is 3.93. The molecule has 0 aliphatic rings. The van der Waals surface area contributed by atoms with Gasteiger partial charge in [0.2, 0.25) is 5.13 Å². The van der Waals surface area contributed by atoms with Crippen LogP contribution in [0.1, 0.15) is 29.5 Å². The van der Waals surface area contributed by atoms with Gasteiger partial charge >= 0.3 is 0 Å². The van der Waals surface area contributed by atoms with Crippen LogP contribution in [0.15, 0.2) is 18.2 Å².